The molecule has 0 radical (unpaired) electrons. The van der Waals surface area contributed by atoms with E-state index in [0.717, 1.165) is 24.8 Å². The maximum atomic E-state index is 12.1. The zero-order valence-corrected chi connectivity index (χ0v) is 13.1. The number of aliphatic imine (C=N–C) groups is 1. The van der Waals surface area contributed by atoms with Crippen molar-refractivity contribution in [3.63, 3.8) is 0 Å². The third kappa shape index (κ3) is 4.56. The molecule has 126 valence electrons. The van der Waals surface area contributed by atoms with Crippen LogP contribution in [0.4, 0.5) is 8.78 Å². The molecule has 0 saturated heterocycles. The second-order valence-corrected chi connectivity index (χ2v) is 6.35. The monoisotopic (exact) mass is 323 g/mol. The molecule has 4 nitrogen and oxygen atoms in total. The van der Waals surface area contributed by atoms with Crippen LogP contribution in [-0.2, 0) is 0 Å². The number of rotatable bonds is 5. The SMILES string of the molecule is NC(=N[C@@H]1C[C@H]1c1ccc(OC(F)F)cc1)NC1CCCCC1. The van der Waals surface area contributed by atoms with Crippen molar-refractivity contribution in [2.24, 2.45) is 10.7 Å². The van der Waals surface area contributed by atoms with Crippen molar-refractivity contribution >= 4 is 5.96 Å². The summed E-state index contributed by atoms with van der Waals surface area (Å²) < 4.78 is 28.6. The van der Waals surface area contributed by atoms with Gasteiger partial charge in [0, 0.05) is 12.0 Å². The van der Waals surface area contributed by atoms with Crippen LogP contribution in [0.15, 0.2) is 29.3 Å². The Kier molecular flexibility index (Phi) is 4.98. The lowest BCUT2D eigenvalue weighted by Crippen LogP contribution is -2.41. The van der Waals surface area contributed by atoms with Crippen LogP contribution in [0.25, 0.3) is 0 Å². The lowest BCUT2D eigenvalue weighted by Gasteiger charge is -2.23. The fraction of sp³-hybridized carbons (Fsp3) is 0.588. The molecule has 2 aliphatic carbocycles. The average Bonchev–Trinajstić information content (AvgIpc) is 3.27. The molecule has 23 heavy (non-hydrogen) atoms. The smallest absolute Gasteiger partial charge is 0.387 e. The summed E-state index contributed by atoms with van der Waals surface area (Å²) in [7, 11) is 0. The van der Waals surface area contributed by atoms with Crippen LogP contribution in [0, 0.1) is 0 Å². The fourth-order valence-corrected chi connectivity index (χ4v) is 3.25. The number of ether oxygens (including phenoxy) is 1. The first-order valence-electron chi connectivity index (χ1n) is 8.26. The van der Waals surface area contributed by atoms with Gasteiger partial charge in [-0.3, -0.25) is 0 Å². The van der Waals surface area contributed by atoms with E-state index in [1.165, 1.54) is 19.3 Å². The summed E-state index contributed by atoms with van der Waals surface area (Å²) in [6.45, 7) is -2.79. The summed E-state index contributed by atoms with van der Waals surface area (Å²) in [6, 6.07) is 7.43. The minimum atomic E-state index is -2.79. The first kappa shape index (κ1) is 16.0. The summed E-state index contributed by atoms with van der Waals surface area (Å²) >= 11 is 0. The Labute approximate surface area is 135 Å². The van der Waals surface area contributed by atoms with E-state index in [2.05, 4.69) is 15.0 Å². The van der Waals surface area contributed by atoms with Crippen molar-refractivity contribution in [2.45, 2.75) is 63.1 Å². The van der Waals surface area contributed by atoms with E-state index in [9.17, 15) is 8.78 Å². The average molecular weight is 323 g/mol. The van der Waals surface area contributed by atoms with Crippen molar-refractivity contribution in [3.8, 4) is 5.75 Å². The lowest BCUT2D eigenvalue weighted by atomic mass is 9.96. The van der Waals surface area contributed by atoms with Crippen LogP contribution in [-0.4, -0.2) is 24.7 Å². The highest BCUT2D eigenvalue weighted by Gasteiger charge is 2.38. The van der Waals surface area contributed by atoms with Crippen LogP contribution in [0.2, 0.25) is 0 Å². The summed E-state index contributed by atoms with van der Waals surface area (Å²) in [5.41, 5.74) is 7.09. The van der Waals surface area contributed by atoms with Crippen molar-refractivity contribution in [1.29, 1.82) is 0 Å². The molecule has 2 fully saturated rings. The zero-order chi connectivity index (χ0) is 16.2. The number of alkyl halides is 2. The molecule has 6 heteroatoms. The number of nitrogens with zero attached hydrogens (tertiary/aromatic N) is 1. The van der Waals surface area contributed by atoms with E-state index in [1.54, 1.807) is 12.1 Å². The van der Waals surface area contributed by atoms with Crippen LogP contribution in [0.1, 0.15) is 50.0 Å². The van der Waals surface area contributed by atoms with Gasteiger partial charge in [-0.2, -0.15) is 8.78 Å². The summed E-state index contributed by atoms with van der Waals surface area (Å²) in [6.07, 6.45) is 7.09. The predicted molar refractivity (Wildman–Crippen MR) is 85.9 cm³/mol. The second-order valence-electron chi connectivity index (χ2n) is 6.35. The maximum Gasteiger partial charge on any atom is 0.387 e. The number of guanidine groups is 1. The van der Waals surface area contributed by atoms with Crippen molar-refractivity contribution in [2.75, 3.05) is 0 Å². The molecule has 0 spiro atoms. The van der Waals surface area contributed by atoms with Gasteiger partial charge in [-0.15, -0.1) is 0 Å². The van der Waals surface area contributed by atoms with Gasteiger partial charge >= 0.3 is 6.61 Å². The van der Waals surface area contributed by atoms with E-state index < -0.39 is 6.61 Å². The van der Waals surface area contributed by atoms with Crippen LogP contribution >= 0.6 is 0 Å². The molecular weight excluding hydrogens is 300 g/mol. The van der Waals surface area contributed by atoms with Gasteiger partial charge in [0.1, 0.15) is 5.75 Å². The fourth-order valence-electron chi connectivity index (χ4n) is 3.25. The minimum Gasteiger partial charge on any atom is -0.435 e. The van der Waals surface area contributed by atoms with Gasteiger partial charge in [0.15, 0.2) is 5.96 Å². The molecule has 0 bridgehead atoms. The van der Waals surface area contributed by atoms with E-state index in [0.29, 0.717) is 17.9 Å². The van der Waals surface area contributed by atoms with E-state index in [4.69, 9.17) is 5.73 Å². The van der Waals surface area contributed by atoms with Gasteiger partial charge in [0.2, 0.25) is 0 Å². The van der Waals surface area contributed by atoms with Gasteiger partial charge in [0.25, 0.3) is 0 Å². The number of hydrogen-bond acceptors (Lipinski definition) is 2. The highest BCUT2D eigenvalue weighted by Crippen LogP contribution is 2.43. The Morgan fingerprint density at radius 3 is 2.52 bits per heavy atom. The number of halogens is 2. The Balaban J connectivity index is 1.51. The van der Waals surface area contributed by atoms with E-state index in [-0.39, 0.29) is 11.8 Å². The predicted octanol–water partition coefficient (Wildman–Crippen LogP) is 3.38. The summed E-state index contributed by atoms with van der Waals surface area (Å²) in [5.74, 6) is 1.03. The third-order valence-corrected chi connectivity index (χ3v) is 4.55. The number of nitrogens with two attached hydrogens (primary N) is 1. The third-order valence-electron chi connectivity index (χ3n) is 4.55. The first-order chi connectivity index (χ1) is 11.1. The Morgan fingerprint density at radius 1 is 1.17 bits per heavy atom. The number of hydrogen-bond donors (Lipinski definition) is 2. The van der Waals surface area contributed by atoms with E-state index in [1.807, 2.05) is 12.1 Å². The molecule has 1 aromatic rings. The Bertz CT molecular complexity index is 541. The quantitative estimate of drug-likeness (QED) is 0.645. The topological polar surface area (TPSA) is 59.6 Å². The summed E-state index contributed by atoms with van der Waals surface area (Å²) in [4.78, 5) is 4.54. The molecule has 0 heterocycles. The number of nitrogens with one attached hydrogen (secondary N) is 1. The molecule has 0 aromatic heterocycles. The van der Waals surface area contributed by atoms with E-state index >= 15 is 0 Å². The second kappa shape index (κ2) is 7.15. The molecule has 3 rings (SSSR count). The molecule has 1 aromatic carbocycles. The van der Waals surface area contributed by atoms with Gasteiger partial charge in [-0.05, 0) is 37.0 Å². The lowest BCUT2D eigenvalue weighted by molar-refractivity contribution is -0.0498. The van der Waals surface area contributed by atoms with Gasteiger partial charge in [-0.1, -0.05) is 31.4 Å². The van der Waals surface area contributed by atoms with Crippen LogP contribution in [0.5, 0.6) is 5.75 Å². The normalized spacial score (nSPS) is 25.4. The Hall–Kier alpha value is -1.85. The first-order valence-corrected chi connectivity index (χ1v) is 8.26. The molecule has 2 atom stereocenters. The minimum absolute atomic E-state index is 0.183. The van der Waals surface area contributed by atoms with Crippen molar-refractivity contribution < 1.29 is 13.5 Å². The van der Waals surface area contributed by atoms with Gasteiger partial charge in [0.05, 0.1) is 6.04 Å². The van der Waals surface area contributed by atoms with Crippen molar-refractivity contribution in [3.05, 3.63) is 29.8 Å². The molecule has 0 amide bonds. The van der Waals surface area contributed by atoms with Crippen LogP contribution in [0.3, 0.4) is 0 Å². The highest BCUT2D eigenvalue weighted by atomic mass is 19.3. The largest absolute Gasteiger partial charge is 0.435 e. The zero-order valence-electron chi connectivity index (χ0n) is 13.1. The standard InChI is InChI=1S/C17H23F2N3O/c18-16(19)23-13-8-6-11(7-9-13)14-10-15(14)22-17(20)21-12-4-2-1-3-5-12/h6-9,12,14-16H,1-5,10H2,(H3,20,21,22)/t14-,15+/m0/s1. The van der Waals surface area contributed by atoms with Crippen molar-refractivity contribution in [1.82, 2.24) is 5.32 Å². The maximum absolute atomic E-state index is 12.1. The molecule has 0 unspecified atom stereocenters. The van der Waals surface area contributed by atoms with Gasteiger partial charge < -0.3 is 15.8 Å². The summed E-state index contributed by atoms with van der Waals surface area (Å²) in [5, 5.41) is 3.32. The molecule has 0 aliphatic heterocycles. The molecule has 2 aliphatic rings. The molecule has 3 N–H and O–H groups in total. The van der Waals surface area contributed by atoms with Gasteiger partial charge in [-0.25, -0.2) is 4.99 Å². The Morgan fingerprint density at radius 2 is 1.87 bits per heavy atom. The molecular formula is C17H23F2N3O. The molecule has 2 saturated carbocycles. The van der Waals surface area contributed by atoms with Crippen LogP contribution < -0.4 is 15.8 Å². The highest BCUT2D eigenvalue weighted by molar-refractivity contribution is 5.78. The number of benzene rings is 1.